The van der Waals surface area contributed by atoms with Gasteiger partial charge >= 0.3 is 0 Å². The number of thioether (sulfide) groups is 1. The lowest BCUT2D eigenvalue weighted by atomic mass is 9.92. The fourth-order valence-corrected chi connectivity index (χ4v) is 3.82. The molecule has 0 aliphatic carbocycles. The van der Waals surface area contributed by atoms with E-state index in [1.165, 1.54) is 30.3 Å². The second-order valence-electron chi connectivity index (χ2n) is 4.14. The topological polar surface area (TPSA) is 22.4 Å². The monoisotopic (exact) mass is 223 g/mol. The molecule has 0 saturated carbocycles. The van der Waals surface area contributed by atoms with Crippen LogP contribution in [-0.2, 0) is 4.74 Å². The van der Waals surface area contributed by atoms with Crippen LogP contribution in [0, 0.1) is 11.2 Å². The molecule has 0 aromatic carbocycles. The van der Waals surface area contributed by atoms with Gasteiger partial charge in [-0.25, -0.2) is 0 Å². The fraction of sp³-hybridized carbons (Fsp3) is 0.583. The minimum Gasteiger partial charge on any atom is -0.468 e. The van der Waals surface area contributed by atoms with Crippen LogP contribution in [0.15, 0.2) is 22.8 Å². The summed E-state index contributed by atoms with van der Waals surface area (Å²) in [7, 11) is 0. The molecular weight excluding hydrogens is 208 g/mol. The van der Waals surface area contributed by atoms with Gasteiger partial charge in [0, 0.05) is 12.5 Å². The molecule has 2 aliphatic rings. The highest BCUT2D eigenvalue weighted by Crippen LogP contribution is 2.47. The first-order chi connectivity index (χ1) is 7.45. The summed E-state index contributed by atoms with van der Waals surface area (Å²) in [5.41, 5.74) is 0. The van der Waals surface area contributed by atoms with E-state index in [1.807, 2.05) is 17.8 Å². The summed E-state index contributed by atoms with van der Waals surface area (Å²) in [6, 6.07) is 4.03. The molecule has 2 atom stereocenters. The van der Waals surface area contributed by atoms with Crippen LogP contribution < -0.4 is 0 Å². The molecule has 2 fully saturated rings. The second-order valence-corrected chi connectivity index (χ2v) is 5.27. The van der Waals surface area contributed by atoms with Gasteiger partial charge in [-0.1, -0.05) is 0 Å². The van der Waals surface area contributed by atoms with Crippen LogP contribution in [0.2, 0.25) is 0 Å². The van der Waals surface area contributed by atoms with Gasteiger partial charge in [0.1, 0.15) is 11.0 Å². The van der Waals surface area contributed by atoms with Crippen LogP contribution in [-0.4, -0.2) is 18.5 Å². The molecule has 0 spiro atoms. The van der Waals surface area contributed by atoms with Crippen molar-refractivity contribution in [2.24, 2.45) is 5.92 Å². The lowest BCUT2D eigenvalue weighted by Crippen LogP contribution is -2.21. The van der Waals surface area contributed by atoms with Crippen LogP contribution in [0.5, 0.6) is 0 Å². The van der Waals surface area contributed by atoms with Crippen molar-refractivity contribution in [3.63, 3.8) is 0 Å². The summed E-state index contributed by atoms with van der Waals surface area (Å²) in [5, 5.41) is 1.41. The van der Waals surface area contributed by atoms with Crippen molar-refractivity contribution in [2.45, 2.75) is 25.4 Å². The molecule has 2 nitrogen and oxygen atoms in total. The summed E-state index contributed by atoms with van der Waals surface area (Å²) < 4.78 is 11.3. The third-order valence-corrected chi connectivity index (χ3v) is 4.46. The van der Waals surface area contributed by atoms with Gasteiger partial charge in [-0.05, 0) is 37.1 Å². The Morgan fingerprint density at radius 2 is 2.33 bits per heavy atom. The van der Waals surface area contributed by atoms with E-state index in [9.17, 15) is 0 Å². The molecule has 1 aromatic heterocycles. The molecule has 2 unspecified atom stereocenters. The maximum absolute atomic E-state index is 5.79. The van der Waals surface area contributed by atoms with Crippen LogP contribution in [0.4, 0.5) is 0 Å². The summed E-state index contributed by atoms with van der Waals surface area (Å²) in [6.45, 7) is 0.942. The number of ether oxygens (including phenoxy) is 1. The molecule has 2 aliphatic heterocycles. The Morgan fingerprint density at radius 1 is 1.33 bits per heavy atom. The molecule has 0 bridgehead atoms. The van der Waals surface area contributed by atoms with Gasteiger partial charge in [0.05, 0.1) is 12.4 Å². The number of hydrogen-bond acceptors (Lipinski definition) is 3. The average molecular weight is 223 g/mol. The van der Waals surface area contributed by atoms with Crippen LogP contribution >= 0.6 is 11.8 Å². The standard InChI is InChI=1S/C12H15O2S/c1-3-10(13-6-1)9-5-8-15-12(9)11-4-2-7-14-11/h2,4,7,9-10H,1,3,5-6,8H2. The van der Waals surface area contributed by atoms with Gasteiger partial charge < -0.3 is 9.15 Å². The Kier molecular flexibility index (Phi) is 2.76. The summed E-state index contributed by atoms with van der Waals surface area (Å²) in [4.78, 5) is 0. The fourth-order valence-electron chi connectivity index (χ4n) is 2.48. The molecule has 2 saturated heterocycles. The van der Waals surface area contributed by atoms with Gasteiger partial charge in [-0.2, -0.15) is 0 Å². The Morgan fingerprint density at radius 3 is 3.07 bits per heavy atom. The van der Waals surface area contributed by atoms with Gasteiger partial charge in [-0.15, -0.1) is 11.8 Å². The van der Waals surface area contributed by atoms with E-state index in [4.69, 9.17) is 9.15 Å². The largest absolute Gasteiger partial charge is 0.468 e. The summed E-state index contributed by atoms with van der Waals surface area (Å²) in [5.74, 6) is 2.85. The van der Waals surface area contributed by atoms with E-state index in [2.05, 4.69) is 6.07 Å². The number of furan rings is 1. The first kappa shape index (κ1) is 9.79. The molecule has 81 valence electrons. The quantitative estimate of drug-likeness (QED) is 0.769. The van der Waals surface area contributed by atoms with Crippen molar-refractivity contribution in [3.05, 3.63) is 29.4 Å². The zero-order valence-electron chi connectivity index (χ0n) is 8.65. The maximum Gasteiger partial charge on any atom is 0.122 e. The average Bonchev–Trinajstić information content (AvgIpc) is 3.01. The number of rotatable bonds is 2. The van der Waals surface area contributed by atoms with E-state index in [-0.39, 0.29) is 0 Å². The molecular formula is C12H15O2S. The van der Waals surface area contributed by atoms with Crippen LogP contribution in [0.1, 0.15) is 25.0 Å². The normalized spacial score (nSPS) is 32.5. The van der Waals surface area contributed by atoms with Crippen molar-refractivity contribution in [1.29, 1.82) is 0 Å². The highest BCUT2D eigenvalue weighted by atomic mass is 32.2. The van der Waals surface area contributed by atoms with Crippen molar-refractivity contribution >= 4 is 11.8 Å². The summed E-state index contributed by atoms with van der Waals surface area (Å²) in [6.07, 6.45) is 5.88. The predicted octanol–water partition coefficient (Wildman–Crippen LogP) is 3.09. The predicted molar refractivity (Wildman–Crippen MR) is 60.6 cm³/mol. The zero-order chi connectivity index (χ0) is 10.1. The van der Waals surface area contributed by atoms with Gasteiger partial charge in [0.25, 0.3) is 0 Å². The van der Waals surface area contributed by atoms with E-state index >= 15 is 0 Å². The molecule has 3 heteroatoms. The molecule has 3 rings (SSSR count). The third kappa shape index (κ3) is 1.83. The summed E-state index contributed by atoms with van der Waals surface area (Å²) >= 11 is 1.94. The molecule has 1 radical (unpaired) electrons. The first-order valence-corrected chi connectivity index (χ1v) is 6.59. The van der Waals surface area contributed by atoms with Crippen molar-refractivity contribution in [1.82, 2.24) is 0 Å². The van der Waals surface area contributed by atoms with Gasteiger partial charge in [0.15, 0.2) is 0 Å². The Hall–Kier alpha value is -0.410. The first-order valence-electron chi connectivity index (χ1n) is 5.60. The minimum absolute atomic E-state index is 0.445. The Bertz CT molecular complexity index is 303. The Labute approximate surface area is 94.4 Å². The Balaban J connectivity index is 1.77. The number of hydrogen-bond donors (Lipinski definition) is 0. The van der Waals surface area contributed by atoms with Crippen LogP contribution in [0.3, 0.4) is 0 Å². The van der Waals surface area contributed by atoms with E-state index in [1.54, 1.807) is 6.26 Å². The maximum atomic E-state index is 5.79. The van der Waals surface area contributed by atoms with Crippen LogP contribution in [0.25, 0.3) is 0 Å². The van der Waals surface area contributed by atoms with E-state index in [0.29, 0.717) is 12.0 Å². The van der Waals surface area contributed by atoms with Crippen molar-refractivity contribution < 1.29 is 9.15 Å². The highest BCUT2D eigenvalue weighted by molar-refractivity contribution is 8.02. The lowest BCUT2D eigenvalue weighted by Gasteiger charge is -2.21. The molecule has 3 heterocycles. The smallest absolute Gasteiger partial charge is 0.122 e. The zero-order valence-corrected chi connectivity index (χ0v) is 9.46. The SMILES string of the molecule is c1coc([C]2SCCC2C2CCCO2)c1. The molecule has 15 heavy (non-hydrogen) atoms. The van der Waals surface area contributed by atoms with Gasteiger partial charge in [0.2, 0.25) is 0 Å². The molecule has 1 aromatic rings. The molecule has 0 amide bonds. The van der Waals surface area contributed by atoms with E-state index in [0.717, 1.165) is 12.4 Å². The van der Waals surface area contributed by atoms with Gasteiger partial charge in [-0.3, -0.25) is 0 Å². The lowest BCUT2D eigenvalue weighted by molar-refractivity contribution is 0.0731. The second kappa shape index (κ2) is 4.22. The van der Waals surface area contributed by atoms with Crippen molar-refractivity contribution in [2.75, 3.05) is 12.4 Å². The van der Waals surface area contributed by atoms with Crippen molar-refractivity contribution in [3.8, 4) is 0 Å². The minimum atomic E-state index is 0.445. The van der Waals surface area contributed by atoms with E-state index < -0.39 is 0 Å². The molecule has 0 N–H and O–H groups in total. The highest BCUT2D eigenvalue weighted by Gasteiger charge is 2.39. The third-order valence-electron chi connectivity index (χ3n) is 3.20.